The van der Waals surface area contributed by atoms with Crippen molar-refractivity contribution >= 4 is 43.3 Å². The van der Waals surface area contributed by atoms with Crippen molar-refractivity contribution in [1.82, 2.24) is 0 Å². The second-order valence-corrected chi connectivity index (χ2v) is 6.85. The SMILES string of the molecule is O=C(CS(=O)(=O)O)Nc1ccc(N2CCOCC2)c(Br)c1. The van der Waals surface area contributed by atoms with E-state index in [-0.39, 0.29) is 0 Å². The number of benzene rings is 1. The average Bonchev–Trinajstić information content (AvgIpc) is 2.37. The van der Waals surface area contributed by atoms with Crippen LogP contribution in [0.1, 0.15) is 0 Å². The van der Waals surface area contributed by atoms with E-state index in [4.69, 9.17) is 9.29 Å². The van der Waals surface area contributed by atoms with Crippen LogP contribution >= 0.6 is 15.9 Å². The normalized spacial score (nSPS) is 15.8. The molecular formula is C12H15BrN2O5S. The van der Waals surface area contributed by atoms with Crippen molar-refractivity contribution in [2.45, 2.75) is 0 Å². The summed E-state index contributed by atoms with van der Waals surface area (Å²) in [7, 11) is -4.32. The average molecular weight is 379 g/mol. The Hall–Kier alpha value is -1.16. The van der Waals surface area contributed by atoms with Gasteiger partial charge in [0, 0.05) is 23.2 Å². The zero-order valence-electron chi connectivity index (χ0n) is 11.1. The minimum Gasteiger partial charge on any atom is -0.378 e. The smallest absolute Gasteiger partial charge is 0.274 e. The Kier molecular flexibility index (Phi) is 5.20. The second kappa shape index (κ2) is 6.73. The van der Waals surface area contributed by atoms with E-state index in [0.29, 0.717) is 18.9 Å². The summed E-state index contributed by atoms with van der Waals surface area (Å²) >= 11 is 3.43. The van der Waals surface area contributed by atoms with Gasteiger partial charge in [-0.1, -0.05) is 0 Å². The van der Waals surface area contributed by atoms with Gasteiger partial charge in [0.05, 0.1) is 18.9 Å². The van der Waals surface area contributed by atoms with E-state index in [1.165, 1.54) is 0 Å². The summed E-state index contributed by atoms with van der Waals surface area (Å²) in [4.78, 5) is 13.6. The van der Waals surface area contributed by atoms with Gasteiger partial charge >= 0.3 is 0 Å². The van der Waals surface area contributed by atoms with Gasteiger partial charge in [0.25, 0.3) is 10.1 Å². The van der Waals surface area contributed by atoms with Gasteiger partial charge in [0.1, 0.15) is 0 Å². The first-order chi connectivity index (χ1) is 9.85. The number of carbonyl (C=O) groups excluding carboxylic acids is 1. The third-order valence-corrected chi connectivity index (χ3v) is 4.16. The topological polar surface area (TPSA) is 95.9 Å². The molecule has 1 aromatic carbocycles. The Morgan fingerprint density at radius 1 is 1.38 bits per heavy atom. The van der Waals surface area contributed by atoms with E-state index in [1.54, 1.807) is 12.1 Å². The first-order valence-electron chi connectivity index (χ1n) is 6.22. The highest BCUT2D eigenvalue weighted by Gasteiger charge is 2.16. The zero-order chi connectivity index (χ0) is 15.5. The van der Waals surface area contributed by atoms with Crippen molar-refractivity contribution in [3.63, 3.8) is 0 Å². The number of ether oxygens (including phenoxy) is 1. The molecule has 2 rings (SSSR count). The quantitative estimate of drug-likeness (QED) is 0.761. The molecule has 2 N–H and O–H groups in total. The fraction of sp³-hybridized carbons (Fsp3) is 0.417. The maximum Gasteiger partial charge on any atom is 0.274 e. The van der Waals surface area contributed by atoms with E-state index in [9.17, 15) is 13.2 Å². The van der Waals surface area contributed by atoms with Crippen molar-refractivity contribution in [2.24, 2.45) is 0 Å². The number of carbonyl (C=O) groups is 1. The number of anilines is 2. The van der Waals surface area contributed by atoms with Crippen molar-refractivity contribution in [3.8, 4) is 0 Å². The highest BCUT2D eigenvalue weighted by atomic mass is 79.9. The van der Waals surface area contributed by atoms with E-state index in [2.05, 4.69) is 26.1 Å². The highest BCUT2D eigenvalue weighted by molar-refractivity contribution is 9.10. The Labute approximate surface area is 131 Å². The molecule has 0 atom stereocenters. The van der Waals surface area contributed by atoms with E-state index < -0.39 is 21.8 Å². The standard InChI is InChI=1S/C12H15BrN2O5S/c13-10-7-9(14-12(16)8-21(17,18)19)1-2-11(10)15-3-5-20-6-4-15/h1-2,7H,3-6,8H2,(H,14,16)(H,17,18,19). The lowest BCUT2D eigenvalue weighted by molar-refractivity contribution is -0.113. The maximum atomic E-state index is 11.4. The van der Waals surface area contributed by atoms with Gasteiger partial charge in [-0.15, -0.1) is 0 Å². The molecule has 1 amide bonds. The molecule has 0 bridgehead atoms. The summed E-state index contributed by atoms with van der Waals surface area (Å²) in [5, 5.41) is 2.42. The lowest BCUT2D eigenvalue weighted by atomic mass is 10.2. The molecule has 0 unspecified atom stereocenters. The van der Waals surface area contributed by atoms with Crippen molar-refractivity contribution in [1.29, 1.82) is 0 Å². The monoisotopic (exact) mass is 378 g/mol. The first-order valence-corrected chi connectivity index (χ1v) is 8.62. The Morgan fingerprint density at radius 2 is 2.05 bits per heavy atom. The molecule has 0 aromatic heterocycles. The molecule has 7 nitrogen and oxygen atoms in total. The number of hydrogen-bond acceptors (Lipinski definition) is 5. The summed E-state index contributed by atoms with van der Waals surface area (Å²) in [5.41, 5.74) is 1.43. The third-order valence-electron chi connectivity index (χ3n) is 2.90. The van der Waals surface area contributed by atoms with Crippen LogP contribution in [0.5, 0.6) is 0 Å². The van der Waals surface area contributed by atoms with Gasteiger partial charge in [0.2, 0.25) is 5.91 Å². The minimum absolute atomic E-state index is 0.451. The Bertz CT molecular complexity index is 629. The molecule has 0 spiro atoms. The molecule has 1 aliphatic rings. The molecule has 1 saturated heterocycles. The van der Waals surface area contributed by atoms with Crippen LogP contribution in [-0.2, 0) is 19.6 Å². The van der Waals surface area contributed by atoms with Crippen LogP contribution in [0.4, 0.5) is 11.4 Å². The summed E-state index contributed by atoms with van der Waals surface area (Å²) in [6.07, 6.45) is 0. The van der Waals surface area contributed by atoms with Crippen molar-refractivity contribution in [3.05, 3.63) is 22.7 Å². The summed E-state index contributed by atoms with van der Waals surface area (Å²) in [5.74, 6) is -1.75. The molecule has 0 aliphatic carbocycles. The van der Waals surface area contributed by atoms with Gasteiger partial charge in [-0.2, -0.15) is 8.42 Å². The number of nitrogens with one attached hydrogen (secondary N) is 1. The molecule has 1 aliphatic heterocycles. The number of amides is 1. The third kappa shape index (κ3) is 4.95. The van der Waals surface area contributed by atoms with Gasteiger partial charge < -0.3 is 15.0 Å². The van der Waals surface area contributed by atoms with Gasteiger partial charge in [-0.3, -0.25) is 9.35 Å². The van der Waals surface area contributed by atoms with E-state index in [1.807, 2.05) is 6.07 Å². The minimum atomic E-state index is -4.32. The van der Waals surface area contributed by atoms with Crippen molar-refractivity contribution in [2.75, 3.05) is 42.3 Å². The molecular weight excluding hydrogens is 364 g/mol. The molecule has 1 fully saturated rings. The molecule has 116 valence electrons. The second-order valence-electron chi connectivity index (χ2n) is 4.54. The Morgan fingerprint density at radius 3 is 2.62 bits per heavy atom. The molecule has 0 radical (unpaired) electrons. The van der Waals surface area contributed by atoms with Gasteiger partial charge in [-0.05, 0) is 34.1 Å². The predicted molar refractivity (Wildman–Crippen MR) is 82.2 cm³/mol. The molecule has 21 heavy (non-hydrogen) atoms. The molecule has 0 saturated carbocycles. The summed E-state index contributed by atoms with van der Waals surface area (Å²) in [6.45, 7) is 2.90. The van der Waals surface area contributed by atoms with Crippen LogP contribution in [-0.4, -0.2) is 50.9 Å². The molecule has 1 heterocycles. The van der Waals surface area contributed by atoms with E-state index >= 15 is 0 Å². The Balaban J connectivity index is 2.06. The van der Waals surface area contributed by atoms with Crippen LogP contribution in [0.25, 0.3) is 0 Å². The van der Waals surface area contributed by atoms with Crippen LogP contribution < -0.4 is 10.2 Å². The van der Waals surface area contributed by atoms with E-state index in [0.717, 1.165) is 23.2 Å². The molecule has 9 heteroatoms. The number of morpholine rings is 1. The predicted octanol–water partition coefficient (Wildman–Crippen LogP) is 1.11. The van der Waals surface area contributed by atoms with Crippen LogP contribution in [0.3, 0.4) is 0 Å². The fourth-order valence-corrected chi connectivity index (χ4v) is 3.04. The first kappa shape index (κ1) is 16.2. The number of nitrogens with zero attached hydrogens (tertiary/aromatic N) is 1. The fourth-order valence-electron chi connectivity index (χ4n) is 2.01. The van der Waals surface area contributed by atoms with Crippen LogP contribution in [0, 0.1) is 0 Å². The highest BCUT2D eigenvalue weighted by Crippen LogP contribution is 2.29. The number of halogens is 1. The summed E-state index contributed by atoms with van der Waals surface area (Å²) in [6, 6.07) is 5.20. The van der Waals surface area contributed by atoms with Crippen molar-refractivity contribution < 1.29 is 22.5 Å². The zero-order valence-corrected chi connectivity index (χ0v) is 13.5. The van der Waals surface area contributed by atoms with Crippen LogP contribution in [0.2, 0.25) is 0 Å². The van der Waals surface area contributed by atoms with Gasteiger partial charge in [-0.25, -0.2) is 0 Å². The largest absolute Gasteiger partial charge is 0.378 e. The maximum absolute atomic E-state index is 11.4. The lowest BCUT2D eigenvalue weighted by Gasteiger charge is -2.29. The summed E-state index contributed by atoms with van der Waals surface area (Å²) < 4.78 is 35.9. The van der Waals surface area contributed by atoms with Crippen LogP contribution in [0.15, 0.2) is 22.7 Å². The number of hydrogen-bond donors (Lipinski definition) is 2. The van der Waals surface area contributed by atoms with Gasteiger partial charge in [0.15, 0.2) is 5.75 Å². The number of rotatable bonds is 4. The lowest BCUT2D eigenvalue weighted by Crippen LogP contribution is -2.36. The molecule has 1 aromatic rings.